The van der Waals surface area contributed by atoms with E-state index in [1.54, 1.807) is 37.6 Å². The number of piperidine rings is 1. The van der Waals surface area contributed by atoms with Gasteiger partial charge >= 0.3 is 5.69 Å². The summed E-state index contributed by atoms with van der Waals surface area (Å²) < 4.78 is 32.8. The van der Waals surface area contributed by atoms with Gasteiger partial charge < -0.3 is 4.90 Å². The molecule has 0 spiro atoms. The van der Waals surface area contributed by atoms with Gasteiger partial charge in [0.15, 0.2) is 0 Å². The second kappa shape index (κ2) is 6.70. The van der Waals surface area contributed by atoms with Gasteiger partial charge in [0.25, 0.3) is 5.92 Å². The molecule has 0 N–H and O–H groups in total. The van der Waals surface area contributed by atoms with Crippen molar-refractivity contribution >= 4 is 21.9 Å². The number of nitrogens with zero attached hydrogens (tertiary/aromatic N) is 5. The zero-order chi connectivity index (χ0) is 21.0. The summed E-state index contributed by atoms with van der Waals surface area (Å²) in [5, 5.41) is 0.682. The molecular weight excluding hydrogens is 388 g/mol. The zero-order valence-electron chi connectivity index (χ0n) is 16.7. The number of aryl methyl sites for hydroxylation is 1. The van der Waals surface area contributed by atoms with Crippen LogP contribution in [0.3, 0.4) is 0 Å². The molecule has 8 heteroatoms. The molecule has 4 aromatic rings. The Hall–Kier alpha value is -3.13. The Balaban J connectivity index is 1.82. The molecule has 30 heavy (non-hydrogen) atoms. The minimum absolute atomic E-state index is 0.203. The topological polar surface area (TPSA) is 56.0 Å². The van der Waals surface area contributed by atoms with E-state index in [0.717, 1.165) is 11.1 Å². The molecule has 6 nitrogen and oxygen atoms in total. The van der Waals surface area contributed by atoms with Gasteiger partial charge in [-0.25, -0.2) is 13.6 Å². The first-order valence-corrected chi connectivity index (χ1v) is 9.83. The van der Waals surface area contributed by atoms with Crippen LogP contribution in [0.5, 0.6) is 0 Å². The molecule has 1 aromatic carbocycles. The van der Waals surface area contributed by atoms with E-state index in [2.05, 4.69) is 9.97 Å². The number of aromatic nitrogens is 4. The van der Waals surface area contributed by atoms with Gasteiger partial charge in [0.1, 0.15) is 6.04 Å². The molecule has 1 unspecified atom stereocenters. The quantitative estimate of drug-likeness (QED) is 0.509. The van der Waals surface area contributed by atoms with E-state index in [4.69, 9.17) is 0 Å². The maximum absolute atomic E-state index is 15.0. The summed E-state index contributed by atoms with van der Waals surface area (Å²) in [7, 11) is 3.28. The fourth-order valence-corrected chi connectivity index (χ4v) is 4.45. The molecule has 1 atom stereocenters. The summed E-state index contributed by atoms with van der Waals surface area (Å²) >= 11 is 0. The van der Waals surface area contributed by atoms with Crippen molar-refractivity contribution in [3.05, 3.63) is 59.4 Å². The van der Waals surface area contributed by atoms with Crippen molar-refractivity contribution in [1.29, 1.82) is 0 Å². The van der Waals surface area contributed by atoms with Crippen molar-refractivity contribution in [2.75, 3.05) is 20.1 Å². The second-order valence-corrected chi connectivity index (χ2v) is 7.98. The fraction of sp³-hybridized carbons (Fsp3) is 0.318. The lowest BCUT2D eigenvalue weighted by Crippen LogP contribution is -2.49. The Morgan fingerprint density at radius 2 is 1.97 bits per heavy atom. The van der Waals surface area contributed by atoms with Crippen LogP contribution in [0.15, 0.2) is 53.7 Å². The van der Waals surface area contributed by atoms with Crippen molar-refractivity contribution in [3.8, 4) is 11.1 Å². The number of alkyl halides is 2. The Labute approximate surface area is 171 Å². The first-order valence-electron chi connectivity index (χ1n) is 9.83. The summed E-state index contributed by atoms with van der Waals surface area (Å²) in [5.41, 5.74) is 3.07. The summed E-state index contributed by atoms with van der Waals surface area (Å²) in [5.74, 6) is -3.01. The number of fused-ring (bicyclic) bond motifs is 3. The molecule has 1 saturated heterocycles. The number of benzene rings is 1. The van der Waals surface area contributed by atoms with Gasteiger partial charge in [-0.1, -0.05) is 12.1 Å². The first-order chi connectivity index (χ1) is 14.4. The van der Waals surface area contributed by atoms with Crippen LogP contribution in [0.1, 0.15) is 12.5 Å². The molecule has 1 aliphatic heterocycles. The lowest BCUT2D eigenvalue weighted by atomic mass is 10.00. The zero-order valence-corrected chi connectivity index (χ0v) is 16.7. The monoisotopic (exact) mass is 409 g/mol. The van der Waals surface area contributed by atoms with Crippen LogP contribution in [-0.4, -0.2) is 50.1 Å². The van der Waals surface area contributed by atoms with Crippen molar-refractivity contribution in [1.82, 2.24) is 24.0 Å². The minimum atomic E-state index is -3.01. The maximum Gasteiger partial charge on any atom is 0.329 e. The molecule has 4 heterocycles. The van der Waals surface area contributed by atoms with E-state index in [1.165, 1.54) is 9.13 Å². The van der Waals surface area contributed by atoms with Gasteiger partial charge in [0, 0.05) is 36.9 Å². The summed E-state index contributed by atoms with van der Waals surface area (Å²) in [6.45, 7) is 0.136. The Bertz CT molecular complexity index is 1310. The van der Waals surface area contributed by atoms with Gasteiger partial charge in [-0.15, -0.1) is 0 Å². The summed E-state index contributed by atoms with van der Waals surface area (Å²) in [4.78, 5) is 23.3. The van der Waals surface area contributed by atoms with Crippen LogP contribution in [-0.2, 0) is 7.05 Å². The lowest BCUT2D eigenvalue weighted by Gasteiger charge is -2.37. The van der Waals surface area contributed by atoms with Gasteiger partial charge in [0.2, 0.25) is 0 Å². The van der Waals surface area contributed by atoms with E-state index in [-0.39, 0.29) is 13.0 Å². The molecule has 0 amide bonds. The van der Waals surface area contributed by atoms with Crippen LogP contribution < -0.4 is 5.69 Å². The summed E-state index contributed by atoms with van der Waals surface area (Å²) in [6, 6.07) is 8.27. The Morgan fingerprint density at radius 1 is 1.13 bits per heavy atom. The number of hydrogen-bond acceptors (Lipinski definition) is 4. The van der Waals surface area contributed by atoms with Gasteiger partial charge in [-0.2, -0.15) is 0 Å². The third-order valence-corrected chi connectivity index (χ3v) is 5.97. The molecule has 0 radical (unpaired) electrons. The van der Waals surface area contributed by atoms with Gasteiger partial charge in [-0.05, 0) is 37.2 Å². The Morgan fingerprint density at radius 3 is 2.70 bits per heavy atom. The molecule has 0 saturated carbocycles. The number of pyridine rings is 2. The highest BCUT2D eigenvalue weighted by molar-refractivity contribution is 6.04. The van der Waals surface area contributed by atoms with Crippen LogP contribution in [0.2, 0.25) is 0 Å². The molecule has 0 bridgehead atoms. The largest absolute Gasteiger partial charge is 0.329 e. The number of rotatable bonds is 2. The predicted octanol–water partition coefficient (Wildman–Crippen LogP) is 3.46. The second-order valence-electron chi connectivity index (χ2n) is 7.98. The molecule has 3 aromatic heterocycles. The minimum Gasteiger partial charge on any atom is -0.300 e. The smallest absolute Gasteiger partial charge is 0.300 e. The highest BCUT2D eigenvalue weighted by Crippen LogP contribution is 2.38. The highest BCUT2D eigenvalue weighted by atomic mass is 19.3. The molecule has 1 fully saturated rings. The molecule has 154 valence electrons. The van der Waals surface area contributed by atoms with E-state index >= 15 is 8.78 Å². The van der Waals surface area contributed by atoms with Crippen LogP contribution in [0, 0.1) is 0 Å². The number of likely N-dealkylation sites (tertiary alicyclic amines) is 1. The van der Waals surface area contributed by atoms with Gasteiger partial charge in [-0.3, -0.25) is 19.1 Å². The standard InChI is InChI=1S/C22H21F2N5O/c1-27-9-7-19(22(23,24)13-27)29-20-16-10-14(15-4-3-8-25-11-15)5-6-17(16)26-12-18(20)28(2)21(29)30/h3-6,8,10-12,19H,7,9,13H2,1-2H3. The number of halogens is 2. The maximum atomic E-state index is 15.0. The van der Waals surface area contributed by atoms with Crippen molar-refractivity contribution in [2.24, 2.45) is 7.05 Å². The van der Waals surface area contributed by atoms with E-state index < -0.39 is 17.7 Å². The normalized spacial score (nSPS) is 19.5. The SMILES string of the molecule is CN1CCC(n2c(=O)n(C)c3cnc4ccc(-c5cccnc5)cc4c32)C(F)(F)C1. The van der Waals surface area contributed by atoms with E-state index in [0.29, 0.717) is 28.5 Å². The van der Waals surface area contributed by atoms with Crippen molar-refractivity contribution in [3.63, 3.8) is 0 Å². The van der Waals surface area contributed by atoms with Crippen LogP contribution in [0.25, 0.3) is 33.1 Å². The highest BCUT2D eigenvalue weighted by Gasteiger charge is 2.46. The van der Waals surface area contributed by atoms with E-state index in [9.17, 15) is 4.79 Å². The van der Waals surface area contributed by atoms with Gasteiger partial charge in [0.05, 0.1) is 29.3 Å². The molecule has 5 rings (SSSR count). The third-order valence-electron chi connectivity index (χ3n) is 5.97. The average Bonchev–Trinajstić information content (AvgIpc) is 2.98. The average molecular weight is 409 g/mol. The summed E-state index contributed by atoms with van der Waals surface area (Å²) in [6.07, 6.45) is 5.24. The van der Waals surface area contributed by atoms with Crippen molar-refractivity contribution < 1.29 is 8.78 Å². The molecule has 0 aliphatic carbocycles. The van der Waals surface area contributed by atoms with E-state index in [1.807, 2.05) is 30.3 Å². The molecular formula is C22H21F2N5O. The predicted molar refractivity (Wildman–Crippen MR) is 112 cm³/mol. The fourth-order valence-electron chi connectivity index (χ4n) is 4.45. The third kappa shape index (κ3) is 2.82. The Kier molecular flexibility index (Phi) is 4.21. The molecule has 1 aliphatic rings. The van der Waals surface area contributed by atoms with Crippen LogP contribution >= 0.6 is 0 Å². The van der Waals surface area contributed by atoms with Crippen molar-refractivity contribution in [2.45, 2.75) is 18.4 Å². The number of imidazole rings is 1. The van der Waals surface area contributed by atoms with Crippen LogP contribution in [0.4, 0.5) is 8.78 Å². The number of hydrogen-bond donors (Lipinski definition) is 0. The lowest BCUT2D eigenvalue weighted by molar-refractivity contribution is -0.0977. The first kappa shape index (κ1) is 18.9.